The summed E-state index contributed by atoms with van der Waals surface area (Å²) >= 11 is 0. The molecule has 0 aliphatic rings. The molecule has 8 nitrogen and oxygen atoms in total. The molecule has 0 aromatic carbocycles. The number of hydrogen-bond acceptors (Lipinski definition) is 4. The second-order valence-corrected chi connectivity index (χ2v) is 4.01. The van der Waals surface area contributed by atoms with Gasteiger partial charge in [-0.1, -0.05) is 0 Å². The molecule has 1 heterocycles. The van der Waals surface area contributed by atoms with E-state index in [9.17, 15) is 22.8 Å². The molecule has 0 atom stereocenters. The number of anilines is 1. The van der Waals surface area contributed by atoms with Gasteiger partial charge in [-0.2, -0.15) is 18.3 Å². The van der Waals surface area contributed by atoms with E-state index in [-0.39, 0.29) is 5.69 Å². The van der Waals surface area contributed by atoms with E-state index in [2.05, 4.69) is 10.4 Å². The van der Waals surface area contributed by atoms with Crippen LogP contribution < -0.4 is 5.32 Å². The van der Waals surface area contributed by atoms with Gasteiger partial charge in [-0.25, -0.2) is 4.79 Å². The van der Waals surface area contributed by atoms with Gasteiger partial charge in [0.15, 0.2) is 0 Å². The summed E-state index contributed by atoms with van der Waals surface area (Å²) in [4.78, 5) is 22.5. The molecule has 21 heavy (non-hydrogen) atoms. The third-order valence-electron chi connectivity index (χ3n) is 2.21. The van der Waals surface area contributed by atoms with Crippen LogP contribution in [0, 0.1) is 0 Å². The average molecular weight is 310 g/mol. The summed E-state index contributed by atoms with van der Waals surface area (Å²) in [5.41, 5.74) is 0.0476. The van der Waals surface area contributed by atoms with Crippen LogP contribution in [0.5, 0.6) is 0 Å². The molecule has 0 aliphatic carbocycles. The maximum absolute atomic E-state index is 12.3. The number of aliphatic hydroxyl groups excluding tert-OH is 1. The van der Waals surface area contributed by atoms with Crippen LogP contribution in [0.4, 0.5) is 23.7 Å². The highest BCUT2D eigenvalue weighted by atomic mass is 19.4. The smallest absolute Gasteiger partial charge is 0.406 e. The number of hydrogen-bond donors (Lipinski definition) is 3. The number of carboxylic acids is 1. The van der Waals surface area contributed by atoms with Crippen LogP contribution in [-0.2, 0) is 11.3 Å². The molecular formula is C10H13F3N4O4. The van der Waals surface area contributed by atoms with E-state index in [1.165, 1.54) is 0 Å². The third-order valence-corrected chi connectivity index (χ3v) is 2.21. The molecule has 0 unspecified atom stereocenters. The fourth-order valence-corrected chi connectivity index (χ4v) is 1.45. The van der Waals surface area contributed by atoms with Crippen LogP contribution in [0.2, 0.25) is 0 Å². The van der Waals surface area contributed by atoms with Crippen LogP contribution in [0.15, 0.2) is 12.4 Å². The number of aromatic nitrogens is 2. The quantitative estimate of drug-likeness (QED) is 0.703. The number of carbonyl (C=O) groups is 2. The van der Waals surface area contributed by atoms with Crippen LogP contribution in [0.3, 0.4) is 0 Å². The monoisotopic (exact) mass is 310 g/mol. The highest BCUT2D eigenvalue weighted by Gasteiger charge is 2.32. The van der Waals surface area contributed by atoms with E-state index < -0.39 is 44.4 Å². The minimum atomic E-state index is -4.60. The number of halogens is 3. The van der Waals surface area contributed by atoms with Gasteiger partial charge in [0.1, 0.15) is 13.1 Å². The lowest BCUT2D eigenvalue weighted by molar-refractivity contribution is -0.140. The summed E-state index contributed by atoms with van der Waals surface area (Å²) in [6.07, 6.45) is -2.33. The predicted molar refractivity (Wildman–Crippen MR) is 63.6 cm³/mol. The van der Waals surface area contributed by atoms with Gasteiger partial charge in [0.05, 0.1) is 18.5 Å². The van der Waals surface area contributed by atoms with Gasteiger partial charge >= 0.3 is 18.2 Å². The Morgan fingerprint density at radius 3 is 2.62 bits per heavy atom. The predicted octanol–water partition coefficient (Wildman–Crippen LogP) is 0.356. The van der Waals surface area contributed by atoms with Crippen molar-refractivity contribution >= 4 is 17.7 Å². The van der Waals surface area contributed by atoms with Crippen molar-refractivity contribution in [1.29, 1.82) is 0 Å². The van der Waals surface area contributed by atoms with Crippen molar-refractivity contribution in [2.24, 2.45) is 0 Å². The number of alkyl halides is 3. The van der Waals surface area contributed by atoms with Crippen LogP contribution in [0.25, 0.3) is 0 Å². The van der Waals surface area contributed by atoms with E-state index >= 15 is 0 Å². The van der Waals surface area contributed by atoms with E-state index in [1.54, 1.807) is 0 Å². The lowest BCUT2D eigenvalue weighted by Gasteiger charge is -2.22. The summed E-state index contributed by atoms with van der Waals surface area (Å²) in [5, 5.41) is 23.0. The molecule has 0 radical (unpaired) electrons. The van der Waals surface area contributed by atoms with Gasteiger partial charge in [0.25, 0.3) is 0 Å². The maximum Gasteiger partial charge on any atom is 0.406 e. The van der Waals surface area contributed by atoms with Gasteiger partial charge in [0.2, 0.25) is 0 Å². The van der Waals surface area contributed by atoms with Crippen molar-refractivity contribution in [2.75, 3.05) is 25.0 Å². The molecule has 3 N–H and O–H groups in total. The number of aliphatic hydroxyl groups is 1. The number of carbonyl (C=O) groups excluding carboxylic acids is 1. The minimum Gasteiger partial charge on any atom is -0.480 e. The molecule has 0 saturated carbocycles. The van der Waals surface area contributed by atoms with E-state index in [4.69, 9.17) is 10.2 Å². The number of urea groups is 1. The van der Waals surface area contributed by atoms with Gasteiger partial charge in [-0.05, 0) is 0 Å². The Morgan fingerprint density at radius 2 is 2.10 bits per heavy atom. The summed E-state index contributed by atoms with van der Waals surface area (Å²) in [6, 6.07) is -1.07. The standard InChI is InChI=1S/C10H13F3N4O4/c11-10(12,13)6-16(1-2-18)9(21)15-7-3-14-17(4-7)5-8(19)20/h3-4,18H,1-2,5-6H2,(H,15,21)(H,19,20). The van der Waals surface area contributed by atoms with Crippen molar-refractivity contribution in [2.45, 2.75) is 12.7 Å². The summed E-state index contributed by atoms with van der Waals surface area (Å²) in [7, 11) is 0. The van der Waals surface area contributed by atoms with E-state index in [0.717, 1.165) is 17.1 Å². The van der Waals surface area contributed by atoms with Gasteiger partial charge < -0.3 is 20.4 Å². The molecule has 2 amide bonds. The summed E-state index contributed by atoms with van der Waals surface area (Å²) in [5.74, 6) is -1.16. The first-order chi connectivity index (χ1) is 9.71. The van der Waals surface area contributed by atoms with E-state index in [0.29, 0.717) is 4.90 Å². The normalized spacial score (nSPS) is 11.2. The number of carboxylic acid groups (broad SMARTS) is 1. The number of nitrogens with one attached hydrogen (secondary N) is 1. The first-order valence-electron chi connectivity index (χ1n) is 5.69. The van der Waals surface area contributed by atoms with E-state index in [1.807, 2.05) is 0 Å². The molecule has 0 saturated heterocycles. The molecule has 11 heteroatoms. The van der Waals surface area contributed by atoms with Gasteiger partial charge in [0, 0.05) is 12.7 Å². The van der Waals surface area contributed by atoms with Crippen molar-refractivity contribution in [1.82, 2.24) is 14.7 Å². The molecule has 0 spiro atoms. The lowest BCUT2D eigenvalue weighted by atomic mass is 10.4. The first kappa shape index (κ1) is 16.8. The Morgan fingerprint density at radius 1 is 1.43 bits per heavy atom. The lowest BCUT2D eigenvalue weighted by Crippen LogP contribution is -2.42. The highest BCUT2D eigenvalue weighted by Crippen LogP contribution is 2.17. The molecule has 0 bridgehead atoms. The molecule has 1 aromatic rings. The van der Waals surface area contributed by atoms with Crippen molar-refractivity contribution in [3.8, 4) is 0 Å². The molecule has 118 valence electrons. The number of aliphatic carboxylic acids is 1. The van der Waals surface area contributed by atoms with Crippen molar-refractivity contribution in [3.63, 3.8) is 0 Å². The van der Waals surface area contributed by atoms with Crippen LogP contribution in [-0.4, -0.2) is 62.8 Å². The van der Waals surface area contributed by atoms with Crippen molar-refractivity contribution < 1.29 is 33.0 Å². The van der Waals surface area contributed by atoms with Crippen LogP contribution in [0.1, 0.15) is 0 Å². The maximum atomic E-state index is 12.3. The molecular weight excluding hydrogens is 297 g/mol. The van der Waals surface area contributed by atoms with Gasteiger partial charge in [-0.3, -0.25) is 9.48 Å². The highest BCUT2D eigenvalue weighted by molar-refractivity contribution is 5.89. The fraction of sp³-hybridized carbons (Fsp3) is 0.500. The fourth-order valence-electron chi connectivity index (χ4n) is 1.45. The van der Waals surface area contributed by atoms with Crippen LogP contribution >= 0.6 is 0 Å². The number of nitrogens with zero attached hydrogens (tertiary/aromatic N) is 3. The van der Waals surface area contributed by atoms with Gasteiger partial charge in [-0.15, -0.1) is 0 Å². The third kappa shape index (κ3) is 6.12. The molecule has 0 aliphatic heterocycles. The topological polar surface area (TPSA) is 108 Å². The Hall–Kier alpha value is -2.30. The Bertz CT molecular complexity index is 503. The molecule has 1 rings (SSSR count). The number of rotatable bonds is 6. The summed E-state index contributed by atoms with van der Waals surface area (Å²) < 4.78 is 37.9. The SMILES string of the molecule is O=C(O)Cn1cc(NC(=O)N(CCO)CC(F)(F)F)cn1. The Labute approximate surface area is 116 Å². The Kier molecular flexibility index (Phi) is 5.52. The minimum absolute atomic E-state index is 0.0476. The zero-order valence-electron chi connectivity index (χ0n) is 10.7. The zero-order valence-corrected chi connectivity index (χ0v) is 10.7. The molecule has 1 aromatic heterocycles. The Balaban J connectivity index is 2.68. The second-order valence-electron chi connectivity index (χ2n) is 4.01. The average Bonchev–Trinajstić information content (AvgIpc) is 2.73. The molecule has 0 fully saturated rings. The largest absolute Gasteiger partial charge is 0.480 e. The summed E-state index contributed by atoms with van der Waals surface area (Å²) in [6.45, 7) is -3.07. The zero-order chi connectivity index (χ0) is 16.0. The van der Waals surface area contributed by atoms with Crippen molar-refractivity contribution in [3.05, 3.63) is 12.4 Å². The number of amides is 2. The first-order valence-corrected chi connectivity index (χ1v) is 5.69. The second kappa shape index (κ2) is 6.92.